The van der Waals surface area contributed by atoms with Crippen molar-refractivity contribution in [3.05, 3.63) is 47.2 Å². The number of carbonyl (C=O) groups is 2. The van der Waals surface area contributed by atoms with Crippen LogP contribution in [0.5, 0.6) is 0 Å². The number of methoxy groups -OCH3 is 1. The number of carbonyl (C=O) groups excluding carboxylic acids is 2. The number of aryl methyl sites for hydroxylation is 1. The first kappa shape index (κ1) is 21.7. The predicted octanol–water partition coefficient (Wildman–Crippen LogP) is 2.82. The van der Waals surface area contributed by atoms with E-state index in [1.165, 1.54) is 35.8 Å². The zero-order chi connectivity index (χ0) is 23.3. The molecule has 4 heterocycles. The maximum atomic E-state index is 13.4. The quantitative estimate of drug-likeness (QED) is 0.582. The molecular weight excluding hydrogens is 447 g/mol. The molecule has 2 aliphatic rings. The number of ether oxygens (including phenoxy) is 1. The minimum Gasteiger partial charge on any atom is -0.379 e. The molecule has 0 spiro atoms. The normalized spacial score (nSPS) is 20.4. The number of hydrogen-bond acceptors (Lipinski definition) is 7. The van der Waals surface area contributed by atoms with Crippen LogP contribution in [0.4, 0.5) is 10.2 Å². The fraction of sp³-hybridized carbons (Fsp3) is 0.409. The zero-order valence-corrected chi connectivity index (χ0v) is 19.3. The molecule has 2 aromatic heterocycles. The number of aromatic nitrogens is 4. The topological polar surface area (TPSA) is 93.5 Å². The first-order valence-corrected chi connectivity index (χ1v) is 11.5. The van der Waals surface area contributed by atoms with Crippen molar-refractivity contribution in [3.63, 3.8) is 0 Å². The van der Waals surface area contributed by atoms with Crippen molar-refractivity contribution in [2.75, 3.05) is 25.1 Å². The number of anilines is 1. The predicted molar refractivity (Wildman–Crippen MR) is 119 cm³/mol. The summed E-state index contributed by atoms with van der Waals surface area (Å²) in [4.78, 5) is 38.8. The van der Waals surface area contributed by atoms with Gasteiger partial charge in [-0.2, -0.15) is 4.37 Å². The summed E-state index contributed by atoms with van der Waals surface area (Å²) >= 11 is 1.26. The molecule has 9 nitrogen and oxygen atoms in total. The molecule has 1 fully saturated rings. The maximum Gasteiger partial charge on any atom is 0.254 e. The van der Waals surface area contributed by atoms with Crippen LogP contribution in [0.15, 0.2) is 24.3 Å². The number of nitrogens with zero attached hydrogens (tertiary/aromatic N) is 6. The summed E-state index contributed by atoms with van der Waals surface area (Å²) in [6.45, 7) is 5.07. The van der Waals surface area contributed by atoms with Crippen LogP contribution in [-0.2, 0) is 16.1 Å². The number of hydrogen-bond donors (Lipinski definition) is 0. The molecule has 2 atom stereocenters. The van der Waals surface area contributed by atoms with E-state index in [1.54, 1.807) is 16.9 Å². The first-order chi connectivity index (χ1) is 15.9. The highest BCUT2D eigenvalue weighted by atomic mass is 32.1. The average molecular weight is 471 g/mol. The number of benzene rings is 1. The Kier molecular flexibility index (Phi) is 5.45. The van der Waals surface area contributed by atoms with Gasteiger partial charge in [0.15, 0.2) is 16.6 Å². The summed E-state index contributed by atoms with van der Waals surface area (Å²) in [7, 11) is 1.59. The third kappa shape index (κ3) is 3.70. The Balaban J connectivity index is 1.58. The van der Waals surface area contributed by atoms with Crippen LogP contribution in [0.1, 0.15) is 41.3 Å². The highest BCUT2D eigenvalue weighted by Gasteiger charge is 2.40. The van der Waals surface area contributed by atoms with Crippen molar-refractivity contribution >= 4 is 29.2 Å². The van der Waals surface area contributed by atoms with Crippen molar-refractivity contribution in [2.45, 2.75) is 39.0 Å². The van der Waals surface area contributed by atoms with Gasteiger partial charge in [-0.25, -0.2) is 14.4 Å². The van der Waals surface area contributed by atoms with Crippen LogP contribution in [0.25, 0.3) is 10.8 Å². The second-order valence-corrected chi connectivity index (χ2v) is 8.94. The molecule has 33 heavy (non-hydrogen) atoms. The minimum absolute atomic E-state index is 0.0723. The number of halogens is 1. The van der Waals surface area contributed by atoms with Crippen molar-refractivity contribution in [3.8, 4) is 10.8 Å². The molecule has 0 radical (unpaired) electrons. The lowest BCUT2D eigenvalue weighted by molar-refractivity contribution is -0.117. The number of rotatable bonds is 4. The van der Waals surface area contributed by atoms with Crippen LogP contribution in [0.3, 0.4) is 0 Å². The van der Waals surface area contributed by atoms with Gasteiger partial charge in [-0.05, 0) is 49.6 Å². The van der Waals surface area contributed by atoms with Gasteiger partial charge in [-0.3, -0.25) is 14.5 Å². The number of fused-ring (bicyclic) bond motifs is 1. The van der Waals surface area contributed by atoms with E-state index in [0.717, 1.165) is 5.69 Å². The summed E-state index contributed by atoms with van der Waals surface area (Å²) in [5.74, 6) is 1.15. The van der Waals surface area contributed by atoms with Crippen molar-refractivity contribution in [1.29, 1.82) is 0 Å². The molecule has 5 rings (SSSR count). The largest absolute Gasteiger partial charge is 0.379 e. The first-order valence-electron chi connectivity index (χ1n) is 10.7. The van der Waals surface area contributed by atoms with E-state index in [1.807, 2.05) is 18.4 Å². The third-order valence-corrected chi connectivity index (χ3v) is 6.97. The molecule has 11 heteroatoms. The van der Waals surface area contributed by atoms with E-state index in [-0.39, 0.29) is 30.4 Å². The molecule has 2 aliphatic heterocycles. The van der Waals surface area contributed by atoms with Gasteiger partial charge >= 0.3 is 0 Å². The van der Waals surface area contributed by atoms with E-state index in [9.17, 15) is 14.0 Å². The lowest BCUT2D eigenvalue weighted by Gasteiger charge is -2.36. The second kappa shape index (κ2) is 8.31. The SMILES string of the molecule is COC1CC(=O)N(c2nc(-c3nc(C)ns3)n3c2C(C)N(C(=O)c2ccc(F)cc2)CC3)C1. The van der Waals surface area contributed by atoms with Gasteiger partial charge in [0.2, 0.25) is 5.91 Å². The van der Waals surface area contributed by atoms with Crippen molar-refractivity contribution in [2.24, 2.45) is 0 Å². The van der Waals surface area contributed by atoms with Crippen molar-refractivity contribution in [1.82, 2.24) is 23.8 Å². The highest BCUT2D eigenvalue weighted by Crippen LogP contribution is 2.39. The van der Waals surface area contributed by atoms with Gasteiger partial charge in [-0.1, -0.05) is 0 Å². The van der Waals surface area contributed by atoms with Gasteiger partial charge in [0.1, 0.15) is 11.6 Å². The van der Waals surface area contributed by atoms with E-state index in [4.69, 9.17) is 9.72 Å². The van der Waals surface area contributed by atoms with E-state index in [2.05, 4.69) is 9.36 Å². The van der Waals surface area contributed by atoms with Gasteiger partial charge < -0.3 is 14.2 Å². The molecular formula is C22H23FN6O3S. The Labute approximate surface area is 194 Å². The Hall–Kier alpha value is -3.18. The highest BCUT2D eigenvalue weighted by molar-refractivity contribution is 7.09. The Bertz CT molecular complexity index is 1220. The Morgan fingerprint density at radius 3 is 2.61 bits per heavy atom. The summed E-state index contributed by atoms with van der Waals surface area (Å²) < 4.78 is 25.1. The molecule has 2 amide bonds. The average Bonchev–Trinajstić information content (AvgIpc) is 3.50. The fourth-order valence-electron chi connectivity index (χ4n) is 4.46. The third-order valence-electron chi connectivity index (χ3n) is 6.16. The summed E-state index contributed by atoms with van der Waals surface area (Å²) in [6.07, 6.45) is 0.0702. The standard InChI is InChI=1S/C22H23FN6O3S/c1-12-18-19(29-11-16(32-3)10-17(29)30)25-20(21-24-13(2)26-33-21)28(18)9-8-27(12)22(31)14-4-6-15(23)7-5-14/h4-7,12,16H,8-11H2,1-3H3. The Morgan fingerprint density at radius 2 is 1.97 bits per heavy atom. The molecule has 0 saturated carbocycles. The summed E-state index contributed by atoms with van der Waals surface area (Å²) in [5.41, 5.74) is 1.18. The molecule has 172 valence electrons. The van der Waals surface area contributed by atoms with Crippen LogP contribution in [0, 0.1) is 12.7 Å². The van der Waals surface area contributed by atoms with Crippen LogP contribution in [-0.4, -0.2) is 61.9 Å². The van der Waals surface area contributed by atoms with Gasteiger partial charge in [0.05, 0.1) is 30.8 Å². The van der Waals surface area contributed by atoms with Crippen LogP contribution >= 0.6 is 11.5 Å². The molecule has 2 unspecified atom stereocenters. The summed E-state index contributed by atoms with van der Waals surface area (Å²) in [6, 6.07) is 5.16. The smallest absolute Gasteiger partial charge is 0.254 e. The van der Waals surface area contributed by atoms with Gasteiger partial charge in [0, 0.05) is 25.8 Å². The molecule has 0 N–H and O–H groups in total. The van der Waals surface area contributed by atoms with Crippen LogP contribution in [0.2, 0.25) is 0 Å². The summed E-state index contributed by atoms with van der Waals surface area (Å²) in [5, 5.41) is 0.667. The lowest BCUT2D eigenvalue weighted by atomic mass is 10.1. The van der Waals surface area contributed by atoms with Gasteiger partial charge in [0.25, 0.3) is 5.91 Å². The Morgan fingerprint density at radius 1 is 1.21 bits per heavy atom. The van der Waals surface area contributed by atoms with E-state index < -0.39 is 5.82 Å². The second-order valence-electron chi connectivity index (χ2n) is 8.19. The fourth-order valence-corrected chi connectivity index (χ4v) is 5.13. The zero-order valence-electron chi connectivity index (χ0n) is 18.5. The molecule has 3 aromatic rings. The lowest BCUT2D eigenvalue weighted by Crippen LogP contribution is -2.42. The molecule has 1 aromatic carbocycles. The van der Waals surface area contributed by atoms with E-state index in [0.29, 0.717) is 47.7 Å². The number of amides is 2. The molecule has 0 bridgehead atoms. The van der Waals surface area contributed by atoms with Gasteiger partial charge in [-0.15, -0.1) is 0 Å². The monoisotopic (exact) mass is 470 g/mol. The minimum atomic E-state index is -0.393. The van der Waals surface area contributed by atoms with Crippen LogP contribution < -0.4 is 4.90 Å². The number of imidazole rings is 1. The maximum absolute atomic E-state index is 13.4. The van der Waals surface area contributed by atoms with E-state index >= 15 is 0 Å². The molecule has 1 saturated heterocycles. The molecule has 0 aliphatic carbocycles. The van der Waals surface area contributed by atoms with Crippen molar-refractivity contribution < 1.29 is 18.7 Å².